The Kier molecular flexibility index (Phi) is 3.17. The fourth-order valence-electron chi connectivity index (χ4n) is 2.09. The Balaban J connectivity index is 2.29. The van der Waals surface area contributed by atoms with Gasteiger partial charge in [-0.3, -0.25) is 0 Å². The number of fused-ring (bicyclic) bond motifs is 3. The summed E-state index contributed by atoms with van der Waals surface area (Å²) < 4.78 is 1.28. The van der Waals surface area contributed by atoms with Crippen LogP contribution in [0.2, 0.25) is 3.23 Å². The molecule has 17 heavy (non-hydrogen) atoms. The van der Waals surface area contributed by atoms with Crippen molar-refractivity contribution in [3.8, 4) is 0 Å². The summed E-state index contributed by atoms with van der Waals surface area (Å²) in [7, 11) is 0. The summed E-state index contributed by atoms with van der Waals surface area (Å²) in [4.78, 5) is 9.01. The average Bonchev–Trinajstić information content (AvgIpc) is 2.39. The number of aryl methyl sites for hydroxylation is 1. The molecule has 0 spiro atoms. The molecule has 0 aliphatic heterocycles. The molecule has 3 heteroatoms. The summed E-state index contributed by atoms with van der Waals surface area (Å²) in [6.07, 6.45) is 4.97. The molecule has 0 saturated carbocycles. The second kappa shape index (κ2) is 4.79. The second-order valence-electron chi connectivity index (χ2n) is 4.09. The molecule has 0 bridgehead atoms. The summed E-state index contributed by atoms with van der Waals surface area (Å²) in [5.74, 6) is 0. The quantitative estimate of drug-likeness (QED) is 0.678. The predicted molar refractivity (Wildman–Crippen MR) is 65.6 cm³/mol. The van der Waals surface area contributed by atoms with Crippen LogP contribution in [0.4, 0.5) is 0 Å². The first kappa shape index (κ1) is 11.2. The summed E-state index contributed by atoms with van der Waals surface area (Å²) in [5, 5.41) is 2.35. The van der Waals surface area contributed by atoms with Gasteiger partial charge >= 0.3 is 121 Å². The molecule has 0 amide bonds. The van der Waals surface area contributed by atoms with Crippen LogP contribution in [0.15, 0.2) is 42.7 Å². The van der Waals surface area contributed by atoms with E-state index < -0.39 is 0 Å². The van der Waals surface area contributed by atoms with Gasteiger partial charge in [-0.05, 0) is 0 Å². The van der Waals surface area contributed by atoms with E-state index in [-0.39, 0.29) is 0 Å². The Hall–Kier alpha value is -0.856. The van der Waals surface area contributed by atoms with Gasteiger partial charge in [0.05, 0.1) is 0 Å². The molecule has 3 aromatic rings. The number of hydrogen-bond acceptors (Lipinski definition) is 2. The summed E-state index contributed by atoms with van der Waals surface area (Å²) >= 11 is 1.31. The summed E-state index contributed by atoms with van der Waals surface area (Å²) in [6, 6.07) is 10.5. The molecule has 0 saturated heterocycles. The molecule has 0 aliphatic carbocycles. The van der Waals surface area contributed by atoms with Crippen molar-refractivity contribution in [3.05, 3.63) is 48.3 Å². The van der Waals surface area contributed by atoms with E-state index in [0.717, 1.165) is 22.8 Å². The standard InChI is InChI=1S/C14H11N2.Y/c1-2-10-8-12-6-5-11-4-3-7-15-13(11)14(12)16-9-10;/h3-9H,1-2H2;. The van der Waals surface area contributed by atoms with E-state index in [2.05, 4.69) is 34.2 Å². The zero-order valence-corrected chi connectivity index (χ0v) is 12.3. The molecule has 0 fully saturated rings. The van der Waals surface area contributed by atoms with Crippen LogP contribution in [0, 0.1) is 0 Å². The Labute approximate surface area is 120 Å². The van der Waals surface area contributed by atoms with Crippen molar-refractivity contribution in [2.75, 3.05) is 0 Å². The fraction of sp³-hybridized carbons (Fsp3) is 0.143. The number of hydrogen-bond donors (Lipinski definition) is 0. The molecule has 0 N–H and O–H groups in total. The van der Waals surface area contributed by atoms with Gasteiger partial charge in [0, 0.05) is 0 Å². The van der Waals surface area contributed by atoms with Crippen molar-refractivity contribution in [3.63, 3.8) is 0 Å². The Morgan fingerprint density at radius 2 is 1.82 bits per heavy atom. The normalized spacial score (nSPS) is 11.0. The van der Waals surface area contributed by atoms with Gasteiger partial charge in [0.2, 0.25) is 0 Å². The van der Waals surface area contributed by atoms with Gasteiger partial charge in [-0.1, -0.05) is 0 Å². The van der Waals surface area contributed by atoms with Crippen molar-refractivity contribution < 1.29 is 31.0 Å². The van der Waals surface area contributed by atoms with Gasteiger partial charge in [-0.2, -0.15) is 0 Å². The predicted octanol–water partition coefficient (Wildman–Crippen LogP) is 3.29. The van der Waals surface area contributed by atoms with E-state index in [0.29, 0.717) is 0 Å². The van der Waals surface area contributed by atoms with Gasteiger partial charge in [-0.15, -0.1) is 0 Å². The zero-order chi connectivity index (χ0) is 11.7. The molecule has 2 nitrogen and oxygen atoms in total. The molecule has 2 aromatic heterocycles. The van der Waals surface area contributed by atoms with Gasteiger partial charge in [0.1, 0.15) is 0 Å². The first-order chi connectivity index (χ1) is 8.38. The monoisotopic (exact) mass is 296 g/mol. The van der Waals surface area contributed by atoms with Gasteiger partial charge < -0.3 is 0 Å². The second-order valence-corrected chi connectivity index (χ2v) is 5.51. The number of pyridine rings is 2. The topological polar surface area (TPSA) is 25.8 Å². The van der Waals surface area contributed by atoms with Crippen LogP contribution in [0.5, 0.6) is 0 Å². The van der Waals surface area contributed by atoms with E-state index in [4.69, 9.17) is 0 Å². The zero-order valence-electron chi connectivity index (χ0n) is 9.43. The van der Waals surface area contributed by atoms with Crippen molar-refractivity contribution in [1.29, 1.82) is 0 Å². The third kappa shape index (κ3) is 2.12. The minimum atomic E-state index is 1.00. The Bertz CT molecular complexity index is 679. The van der Waals surface area contributed by atoms with Crippen LogP contribution >= 0.6 is 0 Å². The molecule has 0 atom stereocenters. The fourth-order valence-corrected chi connectivity index (χ4v) is 2.90. The van der Waals surface area contributed by atoms with E-state index in [1.165, 1.54) is 45.1 Å². The third-order valence-corrected chi connectivity index (χ3v) is 3.62. The van der Waals surface area contributed by atoms with Crippen LogP contribution in [-0.2, 0) is 37.4 Å². The molecular weight excluding hydrogens is 285 g/mol. The molecular formula is C14H11N2Y. The first-order valence-electron chi connectivity index (χ1n) is 5.71. The van der Waals surface area contributed by atoms with Crippen molar-refractivity contribution in [2.24, 2.45) is 0 Å². The van der Waals surface area contributed by atoms with Gasteiger partial charge in [-0.25, -0.2) is 0 Å². The van der Waals surface area contributed by atoms with E-state index >= 15 is 0 Å². The number of aromatic nitrogens is 2. The SMILES string of the molecule is [Y][CH2]Cc1cnc2c(ccc3cccnc32)c1. The maximum absolute atomic E-state index is 4.58. The van der Waals surface area contributed by atoms with Crippen molar-refractivity contribution in [2.45, 2.75) is 9.65 Å². The molecule has 0 unspecified atom stereocenters. The Morgan fingerprint density at radius 1 is 1.00 bits per heavy atom. The van der Waals surface area contributed by atoms with Crippen molar-refractivity contribution >= 4 is 21.8 Å². The molecule has 0 radical (unpaired) electrons. The number of nitrogens with zero attached hydrogens (tertiary/aromatic N) is 2. The summed E-state index contributed by atoms with van der Waals surface area (Å²) in [5.41, 5.74) is 3.35. The van der Waals surface area contributed by atoms with Crippen LogP contribution in [0.25, 0.3) is 21.8 Å². The minimum absolute atomic E-state index is 1.00. The third-order valence-electron chi connectivity index (χ3n) is 2.91. The summed E-state index contributed by atoms with van der Waals surface area (Å²) in [6.45, 7) is 0. The van der Waals surface area contributed by atoms with Gasteiger partial charge in [0.25, 0.3) is 0 Å². The molecule has 1 aromatic carbocycles. The van der Waals surface area contributed by atoms with Crippen LogP contribution in [0.1, 0.15) is 5.56 Å². The first-order valence-corrected chi connectivity index (χ1v) is 7.71. The number of rotatable bonds is 2. The van der Waals surface area contributed by atoms with Crippen LogP contribution < -0.4 is 0 Å². The van der Waals surface area contributed by atoms with E-state index in [1.807, 2.05) is 18.5 Å². The average molecular weight is 296 g/mol. The Morgan fingerprint density at radius 3 is 2.71 bits per heavy atom. The van der Waals surface area contributed by atoms with Crippen LogP contribution in [0.3, 0.4) is 0 Å². The van der Waals surface area contributed by atoms with E-state index in [9.17, 15) is 0 Å². The maximum atomic E-state index is 4.58. The van der Waals surface area contributed by atoms with Gasteiger partial charge in [0.15, 0.2) is 0 Å². The van der Waals surface area contributed by atoms with Crippen LogP contribution in [-0.4, -0.2) is 9.97 Å². The van der Waals surface area contributed by atoms with E-state index in [1.54, 1.807) is 0 Å². The molecule has 3 rings (SSSR count). The molecule has 2 heterocycles. The molecule has 80 valence electrons. The molecule has 0 aliphatic rings. The van der Waals surface area contributed by atoms with Crippen molar-refractivity contribution in [1.82, 2.24) is 9.97 Å². The number of benzene rings is 1.